The van der Waals surface area contributed by atoms with Crippen LogP contribution in [0.25, 0.3) is 0 Å². The fourth-order valence-electron chi connectivity index (χ4n) is 1.45. The molecule has 0 saturated carbocycles. The molecular formula is C12H17NO2. The number of rotatable bonds is 4. The average molecular weight is 207 g/mol. The molecule has 0 aromatic heterocycles. The van der Waals surface area contributed by atoms with Gasteiger partial charge in [-0.25, -0.2) is 4.79 Å². The number of hydrogen-bond acceptors (Lipinski definition) is 3. The van der Waals surface area contributed by atoms with Crippen molar-refractivity contribution < 1.29 is 9.53 Å². The van der Waals surface area contributed by atoms with Gasteiger partial charge in [0, 0.05) is 18.1 Å². The molecule has 0 bridgehead atoms. The lowest BCUT2D eigenvalue weighted by Gasteiger charge is -2.20. The zero-order valence-corrected chi connectivity index (χ0v) is 9.54. The van der Waals surface area contributed by atoms with E-state index in [2.05, 4.69) is 11.6 Å². The van der Waals surface area contributed by atoms with Crippen LogP contribution in [0.1, 0.15) is 27.2 Å². The average Bonchev–Trinajstić information content (AvgIpc) is 2.67. The molecule has 0 atom stereocenters. The molecule has 0 spiro atoms. The molecule has 3 nitrogen and oxygen atoms in total. The highest BCUT2D eigenvalue weighted by Gasteiger charge is 2.29. The molecule has 82 valence electrons. The maximum Gasteiger partial charge on any atom is 0.336 e. The summed E-state index contributed by atoms with van der Waals surface area (Å²) < 4.78 is 4.98. The SMILES string of the molecule is C=CC(C)(C)C1=C(C(=O)OCC)CC=N1. The molecule has 0 N–H and O–H groups in total. The molecule has 1 rings (SSSR count). The summed E-state index contributed by atoms with van der Waals surface area (Å²) in [7, 11) is 0. The van der Waals surface area contributed by atoms with Gasteiger partial charge in [0.15, 0.2) is 0 Å². The molecule has 0 aliphatic carbocycles. The zero-order valence-electron chi connectivity index (χ0n) is 9.54. The van der Waals surface area contributed by atoms with Crippen LogP contribution in [-0.4, -0.2) is 18.8 Å². The number of ether oxygens (including phenoxy) is 1. The van der Waals surface area contributed by atoms with Gasteiger partial charge in [0.05, 0.1) is 17.9 Å². The smallest absolute Gasteiger partial charge is 0.336 e. The van der Waals surface area contributed by atoms with E-state index in [4.69, 9.17) is 4.74 Å². The summed E-state index contributed by atoms with van der Waals surface area (Å²) in [5.41, 5.74) is 1.15. The van der Waals surface area contributed by atoms with Crippen molar-refractivity contribution in [2.45, 2.75) is 27.2 Å². The third-order valence-corrected chi connectivity index (χ3v) is 2.44. The lowest BCUT2D eigenvalue weighted by Crippen LogP contribution is -2.15. The number of hydrogen-bond donors (Lipinski definition) is 0. The maximum atomic E-state index is 11.6. The minimum absolute atomic E-state index is 0.264. The number of aliphatic imine (C=N–C) groups is 1. The second kappa shape index (κ2) is 4.43. The van der Waals surface area contributed by atoms with Crippen LogP contribution >= 0.6 is 0 Å². The van der Waals surface area contributed by atoms with Crippen molar-refractivity contribution in [3.05, 3.63) is 23.9 Å². The van der Waals surface area contributed by atoms with Crippen LogP contribution in [0.4, 0.5) is 0 Å². The van der Waals surface area contributed by atoms with Gasteiger partial charge >= 0.3 is 5.97 Å². The Morgan fingerprint density at radius 2 is 2.40 bits per heavy atom. The minimum Gasteiger partial charge on any atom is -0.463 e. The van der Waals surface area contributed by atoms with Crippen molar-refractivity contribution >= 4 is 12.2 Å². The summed E-state index contributed by atoms with van der Waals surface area (Å²) in [4.78, 5) is 15.9. The van der Waals surface area contributed by atoms with E-state index < -0.39 is 0 Å². The van der Waals surface area contributed by atoms with Gasteiger partial charge in [0.25, 0.3) is 0 Å². The number of allylic oxidation sites excluding steroid dienone is 1. The summed E-state index contributed by atoms with van der Waals surface area (Å²) in [5, 5.41) is 0. The second-order valence-corrected chi connectivity index (χ2v) is 3.99. The molecule has 0 amide bonds. The van der Waals surface area contributed by atoms with Crippen molar-refractivity contribution in [3.63, 3.8) is 0 Å². The largest absolute Gasteiger partial charge is 0.463 e. The van der Waals surface area contributed by atoms with E-state index in [1.807, 2.05) is 13.8 Å². The van der Waals surface area contributed by atoms with Gasteiger partial charge in [0.2, 0.25) is 0 Å². The first-order valence-electron chi connectivity index (χ1n) is 5.09. The van der Waals surface area contributed by atoms with Crippen LogP contribution in [0.5, 0.6) is 0 Å². The molecule has 0 saturated heterocycles. The fourth-order valence-corrected chi connectivity index (χ4v) is 1.45. The van der Waals surface area contributed by atoms with Crippen LogP contribution < -0.4 is 0 Å². The highest BCUT2D eigenvalue weighted by Crippen LogP contribution is 2.34. The first-order valence-corrected chi connectivity index (χ1v) is 5.09. The summed E-state index contributed by atoms with van der Waals surface area (Å²) in [6.45, 7) is 9.91. The lowest BCUT2D eigenvalue weighted by atomic mass is 9.87. The van der Waals surface area contributed by atoms with Crippen molar-refractivity contribution in [3.8, 4) is 0 Å². The Labute approximate surface area is 90.5 Å². The third kappa shape index (κ3) is 2.35. The zero-order chi connectivity index (χ0) is 11.5. The molecule has 1 aliphatic rings. The Balaban J connectivity index is 3.01. The molecule has 0 unspecified atom stereocenters. The standard InChI is InChI=1S/C12H17NO2/c1-5-12(3,4)10-9(7-8-13-10)11(14)15-6-2/h5,8H,1,6-7H2,2-4H3. The van der Waals surface area contributed by atoms with Crippen molar-refractivity contribution in [2.75, 3.05) is 6.61 Å². The monoisotopic (exact) mass is 207 g/mol. The van der Waals surface area contributed by atoms with Crippen LogP contribution in [-0.2, 0) is 9.53 Å². The minimum atomic E-state index is -0.283. The molecule has 0 fully saturated rings. The highest BCUT2D eigenvalue weighted by molar-refractivity contribution is 5.95. The summed E-state index contributed by atoms with van der Waals surface area (Å²) >= 11 is 0. The Kier molecular flexibility index (Phi) is 3.45. The quantitative estimate of drug-likeness (QED) is 0.524. The van der Waals surface area contributed by atoms with E-state index in [1.165, 1.54) is 0 Å². The van der Waals surface area contributed by atoms with Gasteiger partial charge in [-0.1, -0.05) is 19.9 Å². The molecule has 3 heteroatoms. The normalized spacial score (nSPS) is 15.7. The Morgan fingerprint density at radius 1 is 1.73 bits per heavy atom. The predicted octanol–water partition coefficient (Wildman–Crippen LogP) is 2.49. The van der Waals surface area contributed by atoms with Gasteiger partial charge in [0.1, 0.15) is 0 Å². The summed E-state index contributed by atoms with van der Waals surface area (Å²) in [6.07, 6.45) is 4.10. The Hall–Kier alpha value is -1.38. The number of nitrogens with zero attached hydrogens (tertiary/aromatic N) is 1. The van der Waals surface area contributed by atoms with Gasteiger partial charge in [-0.05, 0) is 6.92 Å². The van der Waals surface area contributed by atoms with E-state index >= 15 is 0 Å². The number of carbonyl (C=O) groups is 1. The second-order valence-electron chi connectivity index (χ2n) is 3.99. The molecule has 1 aliphatic heterocycles. The summed E-state index contributed by atoms with van der Waals surface area (Å²) in [6, 6.07) is 0. The molecular weight excluding hydrogens is 190 g/mol. The maximum absolute atomic E-state index is 11.6. The molecule has 0 aromatic carbocycles. The van der Waals surface area contributed by atoms with Crippen LogP contribution in [0.2, 0.25) is 0 Å². The molecule has 15 heavy (non-hydrogen) atoms. The van der Waals surface area contributed by atoms with E-state index in [0.29, 0.717) is 18.6 Å². The lowest BCUT2D eigenvalue weighted by molar-refractivity contribution is -0.138. The van der Waals surface area contributed by atoms with E-state index in [0.717, 1.165) is 5.70 Å². The van der Waals surface area contributed by atoms with Gasteiger partial charge in [-0.15, -0.1) is 6.58 Å². The highest BCUT2D eigenvalue weighted by atomic mass is 16.5. The van der Waals surface area contributed by atoms with E-state index in [-0.39, 0.29) is 11.4 Å². The van der Waals surface area contributed by atoms with Gasteiger partial charge in [-0.2, -0.15) is 0 Å². The number of carbonyl (C=O) groups excluding carboxylic acids is 1. The fraction of sp³-hybridized carbons (Fsp3) is 0.500. The Morgan fingerprint density at radius 3 is 2.93 bits per heavy atom. The molecule has 0 aromatic rings. The van der Waals surface area contributed by atoms with Crippen molar-refractivity contribution in [1.29, 1.82) is 0 Å². The number of esters is 1. The van der Waals surface area contributed by atoms with Gasteiger partial charge in [-0.3, -0.25) is 4.99 Å². The molecule has 1 heterocycles. The van der Waals surface area contributed by atoms with Crippen LogP contribution in [0.3, 0.4) is 0 Å². The van der Waals surface area contributed by atoms with Crippen LogP contribution in [0.15, 0.2) is 28.9 Å². The first-order chi connectivity index (χ1) is 7.03. The van der Waals surface area contributed by atoms with E-state index in [1.54, 1.807) is 19.2 Å². The first kappa shape index (κ1) is 11.7. The summed E-state index contributed by atoms with van der Waals surface area (Å²) in [5.74, 6) is -0.264. The van der Waals surface area contributed by atoms with Crippen LogP contribution in [0, 0.1) is 5.41 Å². The predicted molar refractivity (Wildman–Crippen MR) is 60.7 cm³/mol. The molecule has 0 radical (unpaired) electrons. The van der Waals surface area contributed by atoms with Crippen molar-refractivity contribution in [2.24, 2.45) is 10.4 Å². The topological polar surface area (TPSA) is 38.7 Å². The van der Waals surface area contributed by atoms with Crippen molar-refractivity contribution in [1.82, 2.24) is 0 Å². The Bertz CT molecular complexity index is 338. The van der Waals surface area contributed by atoms with E-state index in [9.17, 15) is 4.79 Å². The van der Waals surface area contributed by atoms with Gasteiger partial charge < -0.3 is 4.74 Å². The third-order valence-electron chi connectivity index (χ3n) is 2.44.